The lowest BCUT2D eigenvalue weighted by molar-refractivity contribution is -0.132. The van der Waals surface area contributed by atoms with E-state index < -0.39 is 12.2 Å². The minimum absolute atomic E-state index is 0.0809. The Labute approximate surface area is 106 Å². The number of hydrogen-bond acceptors (Lipinski definition) is 4. The molecule has 0 aromatic heterocycles. The van der Waals surface area contributed by atoms with E-state index in [-0.39, 0.29) is 25.6 Å². The van der Waals surface area contributed by atoms with Crippen LogP contribution in [0.5, 0.6) is 5.75 Å². The van der Waals surface area contributed by atoms with Crippen molar-refractivity contribution in [2.24, 2.45) is 0 Å². The van der Waals surface area contributed by atoms with Crippen LogP contribution in [-0.2, 0) is 4.79 Å². The molecule has 2 rings (SSSR count). The molecule has 98 valence electrons. The minimum atomic E-state index is -0.853. The van der Waals surface area contributed by atoms with E-state index in [1.165, 1.54) is 4.90 Å². The number of aliphatic hydroxyl groups is 2. The number of benzene rings is 1. The molecular weight excluding hydrogens is 234 g/mol. The molecule has 0 unspecified atom stereocenters. The van der Waals surface area contributed by atoms with Crippen LogP contribution < -0.4 is 4.74 Å². The van der Waals surface area contributed by atoms with Crippen molar-refractivity contribution in [1.29, 1.82) is 0 Å². The molecule has 1 aromatic carbocycles. The summed E-state index contributed by atoms with van der Waals surface area (Å²) in [6.45, 7) is 2.22. The lowest BCUT2D eigenvalue weighted by Crippen LogP contribution is -2.33. The van der Waals surface area contributed by atoms with E-state index in [2.05, 4.69) is 0 Å². The van der Waals surface area contributed by atoms with Crippen LogP contribution in [0.15, 0.2) is 24.3 Å². The maximum absolute atomic E-state index is 11.8. The third kappa shape index (κ3) is 3.00. The van der Waals surface area contributed by atoms with Gasteiger partial charge in [0.05, 0.1) is 12.2 Å². The number of ether oxygens (including phenoxy) is 1. The van der Waals surface area contributed by atoms with Crippen molar-refractivity contribution in [2.75, 3.05) is 19.7 Å². The highest BCUT2D eigenvalue weighted by Gasteiger charge is 2.32. The number of carbonyl (C=O) groups is 1. The summed E-state index contributed by atoms with van der Waals surface area (Å²) in [7, 11) is 0. The molecule has 2 atom stereocenters. The van der Waals surface area contributed by atoms with Crippen LogP contribution in [0.1, 0.15) is 5.56 Å². The number of rotatable bonds is 3. The zero-order valence-electron chi connectivity index (χ0n) is 10.2. The molecule has 0 spiro atoms. The topological polar surface area (TPSA) is 70.0 Å². The highest BCUT2D eigenvalue weighted by molar-refractivity contribution is 5.78. The first kappa shape index (κ1) is 12.9. The van der Waals surface area contributed by atoms with Crippen LogP contribution in [0, 0.1) is 6.92 Å². The van der Waals surface area contributed by atoms with E-state index in [1.807, 2.05) is 19.1 Å². The van der Waals surface area contributed by atoms with Gasteiger partial charge in [-0.3, -0.25) is 4.79 Å². The second-order valence-corrected chi connectivity index (χ2v) is 4.54. The summed E-state index contributed by atoms with van der Waals surface area (Å²) in [5.74, 6) is 0.403. The summed E-state index contributed by atoms with van der Waals surface area (Å²) in [6, 6.07) is 7.42. The molecule has 0 saturated carbocycles. The molecule has 1 aromatic rings. The normalized spacial score (nSPS) is 23.2. The fourth-order valence-corrected chi connectivity index (χ4v) is 1.84. The van der Waals surface area contributed by atoms with Crippen molar-refractivity contribution in [1.82, 2.24) is 4.90 Å². The highest BCUT2D eigenvalue weighted by atomic mass is 16.5. The van der Waals surface area contributed by atoms with Gasteiger partial charge in [-0.2, -0.15) is 0 Å². The van der Waals surface area contributed by atoms with Gasteiger partial charge in [-0.1, -0.05) is 17.7 Å². The average Bonchev–Trinajstić information content (AvgIpc) is 2.69. The molecule has 0 bridgehead atoms. The van der Waals surface area contributed by atoms with Crippen LogP contribution in [0.2, 0.25) is 0 Å². The van der Waals surface area contributed by atoms with Crippen LogP contribution in [0.3, 0.4) is 0 Å². The second kappa shape index (κ2) is 5.37. The van der Waals surface area contributed by atoms with E-state index >= 15 is 0 Å². The molecule has 5 heteroatoms. The predicted molar refractivity (Wildman–Crippen MR) is 65.3 cm³/mol. The number of aliphatic hydroxyl groups excluding tert-OH is 2. The van der Waals surface area contributed by atoms with E-state index in [1.54, 1.807) is 12.1 Å². The quantitative estimate of drug-likeness (QED) is 0.789. The summed E-state index contributed by atoms with van der Waals surface area (Å²) in [5.41, 5.74) is 1.12. The molecule has 2 N–H and O–H groups in total. The van der Waals surface area contributed by atoms with Gasteiger partial charge in [-0.05, 0) is 19.1 Å². The third-order valence-corrected chi connectivity index (χ3v) is 3.00. The lowest BCUT2D eigenvalue weighted by atomic mass is 10.2. The molecular formula is C13H17NO4. The SMILES string of the molecule is Cc1ccc(OCC(=O)N2C[C@@H](O)[C@@H](O)C2)cc1. The van der Waals surface area contributed by atoms with Crippen molar-refractivity contribution in [3.05, 3.63) is 29.8 Å². The Kier molecular flexibility index (Phi) is 3.84. The van der Waals surface area contributed by atoms with Crippen LogP contribution >= 0.6 is 0 Å². The summed E-state index contributed by atoms with van der Waals surface area (Å²) >= 11 is 0. The van der Waals surface area contributed by atoms with Gasteiger partial charge in [-0.25, -0.2) is 0 Å². The fraction of sp³-hybridized carbons (Fsp3) is 0.462. The van der Waals surface area contributed by atoms with Gasteiger partial charge >= 0.3 is 0 Å². The molecule has 1 fully saturated rings. The van der Waals surface area contributed by atoms with Crippen molar-refractivity contribution in [2.45, 2.75) is 19.1 Å². The number of hydrogen-bond donors (Lipinski definition) is 2. The number of β-amino-alcohol motifs (C(OH)–C–C–N with tert-alkyl or cyclic N) is 2. The first-order chi connectivity index (χ1) is 8.56. The van der Waals surface area contributed by atoms with Crippen molar-refractivity contribution >= 4 is 5.91 Å². The summed E-state index contributed by atoms with van der Waals surface area (Å²) in [5, 5.41) is 18.7. The van der Waals surface area contributed by atoms with Gasteiger partial charge in [0.15, 0.2) is 6.61 Å². The van der Waals surface area contributed by atoms with E-state index in [0.717, 1.165) is 5.56 Å². The number of aryl methyl sites for hydroxylation is 1. The Bertz CT molecular complexity index is 408. The Morgan fingerprint density at radius 2 is 1.83 bits per heavy atom. The van der Waals surface area contributed by atoms with Gasteiger partial charge in [0.1, 0.15) is 5.75 Å². The summed E-state index contributed by atoms with van der Waals surface area (Å²) in [6.07, 6.45) is -1.71. The molecule has 1 aliphatic rings. The minimum Gasteiger partial charge on any atom is -0.484 e. The van der Waals surface area contributed by atoms with Gasteiger partial charge < -0.3 is 19.8 Å². The van der Waals surface area contributed by atoms with Crippen molar-refractivity contribution in [3.8, 4) is 5.75 Å². The number of carbonyl (C=O) groups excluding carboxylic acids is 1. The van der Waals surface area contributed by atoms with Gasteiger partial charge in [0.25, 0.3) is 5.91 Å². The van der Waals surface area contributed by atoms with Gasteiger partial charge in [-0.15, -0.1) is 0 Å². The van der Waals surface area contributed by atoms with Crippen LogP contribution in [0.4, 0.5) is 0 Å². The van der Waals surface area contributed by atoms with Gasteiger partial charge in [0.2, 0.25) is 0 Å². The smallest absolute Gasteiger partial charge is 0.260 e. The number of likely N-dealkylation sites (tertiary alicyclic amines) is 1. The fourth-order valence-electron chi connectivity index (χ4n) is 1.84. The molecule has 0 aliphatic carbocycles. The van der Waals surface area contributed by atoms with Crippen LogP contribution in [-0.4, -0.2) is 52.9 Å². The Balaban J connectivity index is 1.83. The standard InChI is InChI=1S/C13H17NO4/c1-9-2-4-10(5-3-9)18-8-13(17)14-6-11(15)12(16)7-14/h2-5,11-12,15-16H,6-8H2,1H3/t11-,12+. The van der Waals surface area contributed by atoms with Crippen LogP contribution in [0.25, 0.3) is 0 Å². The first-order valence-corrected chi connectivity index (χ1v) is 5.89. The van der Waals surface area contributed by atoms with E-state index in [4.69, 9.17) is 4.74 Å². The maximum atomic E-state index is 11.8. The maximum Gasteiger partial charge on any atom is 0.260 e. The van der Waals surface area contributed by atoms with Crippen molar-refractivity contribution < 1.29 is 19.7 Å². The predicted octanol–water partition coefficient (Wildman–Crippen LogP) is -0.0622. The Morgan fingerprint density at radius 3 is 2.39 bits per heavy atom. The first-order valence-electron chi connectivity index (χ1n) is 5.89. The Hall–Kier alpha value is -1.59. The highest BCUT2D eigenvalue weighted by Crippen LogP contribution is 2.13. The third-order valence-electron chi connectivity index (χ3n) is 3.00. The zero-order chi connectivity index (χ0) is 13.1. The van der Waals surface area contributed by atoms with E-state index in [0.29, 0.717) is 5.75 Å². The second-order valence-electron chi connectivity index (χ2n) is 4.54. The molecule has 0 radical (unpaired) electrons. The summed E-state index contributed by atoms with van der Waals surface area (Å²) < 4.78 is 5.35. The zero-order valence-corrected chi connectivity index (χ0v) is 10.2. The molecule has 1 amide bonds. The van der Waals surface area contributed by atoms with Crippen molar-refractivity contribution in [3.63, 3.8) is 0 Å². The number of nitrogens with zero attached hydrogens (tertiary/aromatic N) is 1. The van der Waals surface area contributed by atoms with Gasteiger partial charge in [0, 0.05) is 13.1 Å². The monoisotopic (exact) mass is 251 g/mol. The largest absolute Gasteiger partial charge is 0.484 e. The van der Waals surface area contributed by atoms with E-state index in [9.17, 15) is 15.0 Å². The number of amides is 1. The molecule has 1 aliphatic heterocycles. The molecule has 5 nitrogen and oxygen atoms in total. The molecule has 1 heterocycles. The molecule has 1 saturated heterocycles. The Morgan fingerprint density at radius 1 is 1.28 bits per heavy atom. The average molecular weight is 251 g/mol. The molecule has 18 heavy (non-hydrogen) atoms. The summed E-state index contributed by atoms with van der Waals surface area (Å²) in [4.78, 5) is 13.2. The lowest BCUT2D eigenvalue weighted by Gasteiger charge is -2.15.